The number of fused-ring (bicyclic) bond motifs is 1. The number of ketones is 1. The molecule has 0 bridgehead atoms. The number of benzene rings is 1. The molecule has 0 radical (unpaired) electrons. The van der Waals surface area contributed by atoms with Crippen LogP contribution in [0.15, 0.2) is 35.7 Å². The molecule has 0 saturated heterocycles. The highest BCUT2D eigenvalue weighted by molar-refractivity contribution is 14.1. The van der Waals surface area contributed by atoms with Crippen LogP contribution in [0.3, 0.4) is 0 Å². The van der Waals surface area contributed by atoms with Crippen LogP contribution in [0.1, 0.15) is 27.1 Å². The van der Waals surface area contributed by atoms with Crippen LogP contribution in [0.5, 0.6) is 0 Å². The zero-order valence-corrected chi connectivity index (χ0v) is 12.9. The maximum Gasteiger partial charge on any atom is 0.259 e. The maximum atomic E-state index is 12.5. The van der Waals surface area contributed by atoms with Crippen molar-refractivity contribution in [2.45, 2.75) is 6.42 Å². The Morgan fingerprint density at radius 1 is 1.32 bits per heavy atom. The minimum Gasteiger partial charge on any atom is -0.307 e. The van der Waals surface area contributed by atoms with Crippen molar-refractivity contribution < 1.29 is 9.59 Å². The number of halogens is 1. The van der Waals surface area contributed by atoms with Gasteiger partial charge in [-0.05, 0) is 40.8 Å². The van der Waals surface area contributed by atoms with Crippen LogP contribution in [0.4, 0.5) is 5.69 Å². The summed E-state index contributed by atoms with van der Waals surface area (Å²) >= 11 is 3.75. The number of anilines is 1. The molecular weight excluding hydrogens is 373 g/mol. The van der Waals surface area contributed by atoms with Gasteiger partial charge in [0.2, 0.25) is 0 Å². The summed E-state index contributed by atoms with van der Waals surface area (Å²) in [5, 5.41) is 1.86. The standard InChI is InChI=1S/C14H10INO2S/c15-13-7-9(8-19-13)14(18)16-6-5-12(17)10-3-1-2-4-11(10)16/h1-4,7-8H,5-6H2. The fraction of sp³-hybridized carbons (Fsp3) is 0.143. The van der Waals surface area contributed by atoms with Crippen molar-refractivity contribution in [2.75, 3.05) is 11.4 Å². The molecule has 1 amide bonds. The summed E-state index contributed by atoms with van der Waals surface area (Å²) in [6, 6.07) is 9.19. The Bertz CT molecular complexity index is 665. The van der Waals surface area contributed by atoms with E-state index in [0.717, 1.165) is 8.57 Å². The smallest absolute Gasteiger partial charge is 0.259 e. The molecule has 1 aliphatic rings. The zero-order valence-electron chi connectivity index (χ0n) is 9.93. The van der Waals surface area contributed by atoms with Crippen molar-refractivity contribution in [3.05, 3.63) is 49.7 Å². The first kappa shape index (κ1) is 12.8. The molecule has 0 aliphatic carbocycles. The number of carbonyl (C=O) groups excluding carboxylic acids is 2. The number of hydrogen-bond donors (Lipinski definition) is 0. The summed E-state index contributed by atoms with van der Waals surface area (Å²) in [4.78, 5) is 26.1. The SMILES string of the molecule is O=C1CCN(C(=O)c2csc(I)c2)c2ccccc21. The summed E-state index contributed by atoms with van der Waals surface area (Å²) in [6.45, 7) is 0.459. The molecule has 0 unspecified atom stereocenters. The number of rotatable bonds is 1. The second-order valence-corrected chi connectivity index (χ2v) is 7.09. The average Bonchev–Trinajstić information content (AvgIpc) is 2.86. The zero-order chi connectivity index (χ0) is 13.4. The number of amides is 1. The van der Waals surface area contributed by atoms with Gasteiger partial charge >= 0.3 is 0 Å². The van der Waals surface area contributed by atoms with Gasteiger partial charge in [0.15, 0.2) is 5.78 Å². The summed E-state index contributed by atoms with van der Waals surface area (Å²) in [5.74, 6) is 0.0821. The molecule has 0 spiro atoms. The Kier molecular flexibility index (Phi) is 3.40. The Labute approximate surface area is 128 Å². The second-order valence-electron chi connectivity index (χ2n) is 4.29. The monoisotopic (exact) mass is 383 g/mol. The van der Waals surface area contributed by atoms with Gasteiger partial charge in [-0.2, -0.15) is 0 Å². The van der Waals surface area contributed by atoms with E-state index in [4.69, 9.17) is 0 Å². The lowest BCUT2D eigenvalue weighted by Gasteiger charge is -2.28. The Morgan fingerprint density at radius 3 is 2.84 bits per heavy atom. The lowest BCUT2D eigenvalue weighted by atomic mass is 10.00. The molecule has 19 heavy (non-hydrogen) atoms. The fourth-order valence-corrected chi connectivity index (χ4v) is 3.52. The van der Waals surface area contributed by atoms with Gasteiger partial charge < -0.3 is 4.90 Å². The van der Waals surface area contributed by atoms with E-state index in [1.54, 1.807) is 22.3 Å². The van der Waals surface area contributed by atoms with Crippen LogP contribution in [0, 0.1) is 2.88 Å². The molecule has 0 atom stereocenters. The van der Waals surface area contributed by atoms with Crippen LogP contribution >= 0.6 is 33.9 Å². The molecular formula is C14H10INO2S. The normalized spacial score (nSPS) is 14.4. The largest absolute Gasteiger partial charge is 0.307 e. The molecule has 0 saturated carbocycles. The van der Waals surface area contributed by atoms with Crippen LogP contribution in [-0.4, -0.2) is 18.2 Å². The lowest BCUT2D eigenvalue weighted by Crippen LogP contribution is -2.37. The van der Waals surface area contributed by atoms with Gasteiger partial charge in [0.25, 0.3) is 5.91 Å². The third-order valence-electron chi connectivity index (χ3n) is 3.12. The van der Waals surface area contributed by atoms with Gasteiger partial charge in [0.1, 0.15) is 0 Å². The molecule has 2 heterocycles. The minimum atomic E-state index is -0.0286. The topological polar surface area (TPSA) is 37.4 Å². The highest BCUT2D eigenvalue weighted by Crippen LogP contribution is 2.29. The van der Waals surface area contributed by atoms with E-state index in [1.165, 1.54) is 0 Å². The second kappa shape index (κ2) is 5.05. The Hall–Kier alpha value is -1.21. The summed E-state index contributed by atoms with van der Waals surface area (Å²) in [7, 11) is 0. The van der Waals surface area contributed by atoms with Crippen molar-refractivity contribution in [3.8, 4) is 0 Å². The number of hydrogen-bond acceptors (Lipinski definition) is 3. The third-order valence-corrected chi connectivity index (χ3v) is 4.91. The van der Waals surface area contributed by atoms with Crippen LogP contribution in [0.25, 0.3) is 0 Å². The predicted molar refractivity (Wildman–Crippen MR) is 84.1 cm³/mol. The quantitative estimate of drug-likeness (QED) is 0.706. The van der Waals surface area contributed by atoms with Gasteiger partial charge in [-0.1, -0.05) is 12.1 Å². The molecule has 3 nitrogen and oxygen atoms in total. The van der Waals surface area contributed by atoms with E-state index in [9.17, 15) is 9.59 Å². The molecule has 1 aromatic heterocycles. The highest BCUT2D eigenvalue weighted by Gasteiger charge is 2.27. The molecule has 3 rings (SSSR count). The number of Topliss-reactive ketones (excluding diaryl/α,β-unsaturated/α-hetero) is 1. The number of nitrogens with zero attached hydrogens (tertiary/aromatic N) is 1. The molecule has 2 aromatic rings. The van der Waals surface area contributed by atoms with Gasteiger partial charge in [0.05, 0.1) is 14.1 Å². The molecule has 96 valence electrons. The van der Waals surface area contributed by atoms with E-state index < -0.39 is 0 Å². The molecule has 5 heteroatoms. The van der Waals surface area contributed by atoms with Crippen molar-refractivity contribution in [3.63, 3.8) is 0 Å². The average molecular weight is 383 g/mol. The van der Waals surface area contributed by atoms with Crippen LogP contribution in [0.2, 0.25) is 0 Å². The summed E-state index contributed by atoms with van der Waals surface area (Å²) in [6.07, 6.45) is 0.393. The van der Waals surface area contributed by atoms with Gasteiger partial charge in [0, 0.05) is 23.9 Å². The first-order valence-corrected chi connectivity index (χ1v) is 7.81. The fourth-order valence-electron chi connectivity index (χ4n) is 2.20. The molecule has 1 aromatic carbocycles. The first-order chi connectivity index (χ1) is 9.16. The van der Waals surface area contributed by atoms with E-state index >= 15 is 0 Å². The summed E-state index contributed by atoms with van der Waals surface area (Å²) < 4.78 is 1.09. The van der Waals surface area contributed by atoms with Crippen molar-refractivity contribution >= 4 is 51.3 Å². The number of carbonyl (C=O) groups is 2. The maximum absolute atomic E-state index is 12.5. The van der Waals surface area contributed by atoms with Crippen molar-refractivity contribution in [1.29, 1.82) is 0 Å². The molecule has 1 aliphatic heterocycles. The van der Waals surface area contributed by atoms with Gasteiger partial charge in [-0.25, -0.2) is 0 Å². The van der Waals surface area contributed by atoms with Crippen molar-refractivity contribution in [2.24, 2.45) is 0 Å². The Balaban J connectivity index is 2.01. The van der Waals surface area contributed by atoms with Crippen LogP contribution < -0.4 is 4.90 Å². The first-order valence-electron chi connectivity index (χ1n) is 5.85. The van der Waals surface area contributed by atoms with Crippen molar-refractivity contribution in [1.82, 2.24) is 0 Å². The van der Waals surface area contributed by atoms with E-state index in [2.05, 4.69) is 22.6 Å². The predicted octanol–water partition coefficient (Wildman–Crippen LogP) is 3.59. The number of thiophene rings is 1. The lowest BCUT2D eigenvalue weighted by molar-refractivity contribution is 0.0955. The van der Waals surface area contributed by atoms with Crippen LogP contribution in [-0.2, 0) is 0 Å². The summed E-state index contributed by atoms with van der Waals surface area (Å²) in [5.41, 5.74) is 2.07. The van der Waals surface area contributed by atoms with E-state index in [0.29, 0.717) is 24.1 Å². The highest BCUT2D eigenvalue weighted by atomic mass is 127. The molecule has 0 fully saturated rings. The Morgan fingerprint density at radius 2 is 2.11 bits per heavy atom. The van der Waals surface area contributed by atoms with Gasteiger partial charge in [-0.15, -0.1) is 11.3 Å². The number of para-hydroxylation sites is 1. The van der Waals surface area contributed by atoms with E-state index in [1.807, 2.05) is 29.6 Å². The minimum absolute atomic E-state index is 0.0286. The van der Waals surface area contributed by atoms with Gasteiger partial charge in [-0.3, -0.25) is 9.59 Å². The third kappa shape index (κ3) is 2.32. The molecule has 0 N–H and O–H groups in total. The van der Waals surface area contributed by atoms with E-state index in [-0.39, 0.29) is 11.7 Å².